The van der Waals surface area contributed by atoms with Crippen molar-refractivity contribution < 1.29 is 28.6 Å². The van der Waals surface area contributed by atoms with E-state index in [1.54, 1.807) is 0 Å². The van der Waals surface area contributed by atoms with Crippen LogP contribution in [0.25, 0.3) is 0 Å². The molecular weight excluding hydrogens is 636 g/mol. The number of hydrogen-bond acceptors (Lipinski definition) is 6. The molecule has 0 aromatic rings. The fourth-order valence-corrected chi connectivity index (χ4v) is 6.07. The van der Waals surface area contributed by atoms with E-state index in [0.717, 1.165) is 70.6 Å². The Kier molecular flexibility index (Phi) is 39.0. The molecule has 0 aromatic carbocycles. The Labute approximate surface area is 315 Å². The van der Waals surface area contributed by atoms with Gasteiger partial charge in [0.15, 0.2) is 6.10 Å². The average Bonchev–Trinajstić information content (AvgIpc) is 3.12. The first-order valence-corrected chi connectivity index (χ1v) is 21.8. The van der Waals surface area contributed by atoms with Gasteiger partial charge in [0.25, 0.3) is 0 Å². The molecule has 0 aliphatic heterocycles. The zero-order valence-electron chi connectivity index (χ0n) is 33.9. The molecule has 6 nitrogen and oxygen atoms in total. The lowest BCUT2D eigenvalue weighted by Gasteiger charge is -2.18. The first-order chi connectivity index (χ1) is 25.0. The van der Waals surface area contributed by atoms with Crippen LogP contribution in [-0.4, -0.2) is 37.2 Å². The minimum atomic E-state index is -0.778. The maximum absolute atomic E-state index is 12.6. The van der Waals surface area contributed by atoms with Crippen LogP contribution < -0.4 is 0 Å². The number of allylic oxidation sites excluding steroid dienone is 4. The molecule has 298 valence electrons. The fourth-order valence-electron chi connectivity index (χ4n) is 6.07. The Bertz CT molecular complexity index is 835. The number of unbranched alkanes of at least 4 members (excludes halogenated alkanes) is 24. The van der Waals surface area contributed by atoms with E-state index in [9.17, 15) is 14.4 Å². The summed E-state index contributed by atoms with van der Waals surface area (Å²) < 4.78 is 16.6. The van der Waals surface area contributed by atoms with E-state index in [1.165, 1.54) is 116 Å². The van der Waals surface area contributed by atoms with E-state index >= 15 is 0 Å². The minimum Gasteiger partial charge on any atom is -0.462 e. The SMILES string of the molecule is CCCC/C=C\CCCCCCCC(=O)OC(COC(=O)CCC/C=C\CCCCCC)COC(=O)CCCCCCCCCCCCCCC. The standard InChI is InChI=1S/C45H82O6/c1-4-7-10-13-16-19-21-22-24-26-29-32-35-38-44(47)50-41-42(40-49-43(46)37-34-31-28-25-18-15-12-9-6-3)51-45(48)39-36-33-30-27-23-20-17-14-11-8-5-2/h14,17,25,28,42H,4-13,15-16,18-24,26-27,29-41H2,1-3H3/b17-14-,28-25-. The van der Waals surface area contributed by atoms with Gasteiger partial charge in [-0.3, -0.25) is 14.4 Å². The second kappa shape index (κ2) is 40.7. The maximum Gasteiger partial charge on any atom is 0.306 e. The van der Waals surface area contributed by atoms with Gasteiger partial charge in [-0.25, -0.2) is 0 Å². The lowest BCUT2D eigenvalue weighted by molar-refractivity contribution is -0.167. The van der Waals surface area contributed by atoms with Gasteiger partial charge in [-0.15, -0.1) is 0 Å². The number of rotatable bonds is 39. The van der Waals surface area contributed by atoms with Crippen molar-refractivity contribution in [3.8, 4) is 0 Å². The van der Waals surface area contributed by atoms with Crippen LogP contribution in [-0.2, 0) is 28.6 Å². The first kappa shape index (κ1) is 48.9. The van der Waals surface area contributed by atoms with Gasteiger partial charge in [0.1, 0.15) is 13.2 Å². The van der Waals surface area contributed by atoms with Crippen molar-refractivity contribution in [1.29, 1.82) is 0 Å². The van der Waals surface area contributed by atoms with Crippen LogP contribution in [0.3, 0.4) is 0 Å². The summed E-state index contributed by atoms with van der Waals surface area (Å²) in [6.07, 6.45) is 43.1. The largest absolute Gasteiger partial charge is 0.462 e. The smallest absolute Gasteiger partial charge is 0.306 e. The normalized spacial score (nSPS) is 12.1. The fraction of sp³-hybridized carbons (Fsp3) is 0.844. The lowest BCUT2D eigenvalue weighted by Crippen LogP contribution is -2.30. The molecule has 0 aliphatic carbocycles. The molecule has 0 radical (unpaired) electrons. The molecule has 0 aliphatic rings. The number of hydrogen-bond donors (Lipinski definition) is 0. The molecule has 1 atom stereocenters. The topological polar surface area (TPSA) is 78.9 Å². The molecule has 0 N–H and O–H groups in total. The molecule has 0 aromatic heterocycles. The van der Waals surface area contributed by atoms with Crippen molar-refractivity contribution in [2.24, 2.45) is 0 Å². The van der Waals surface area contributed by atoms with E-state index in [1.807, 2.05) is 0 Å². The van der Waals surface area contributed by atoms with Crippen molar-refractivity contribution in [2.75, 3.05) is 13.2 Å². The van der Waals surface area contributed by atoms with Crippen LogP contribution >= 0.6 is 0 Å². The predicted octanol–water partition coefficient (Wildman–Crippen LogP) is 13.6. The summed E-state index contributed by atoms with van der Waals surface area (Å²) >= 11 is 0. The molecule has 0 rings (SSSR count). The third kappa shape index (κ3) is 38.9. The maximum atomic E-state index is 12.6. The van der Waals surface area contributed by atoms with Crippen molar-refractivity contribution >= 4 is 17.9 Å². The molecule has 0 amide bonds. The highest BCUT2D eigenvalue weighted by atomic mass is 16.6. The van der Waals surface area contributed by atoms with Gasteiger partial charge in [0.05, 0.1) is 0 Å². The Hall–Kier alpha value is -2.11. The molecule has 0 saturated heterocycles. The minimum absolute atomic E-state index is 0.0805. The summed E-state index contributed by atoms with van der Waals surface area (Å²) in [6.45, 7) is 6.52. The third-order valence-electron chi connectivity index (χ3n) is 9.43. The lowest BCUT2D eigenvalue weighted by atomic mass is 10.0. The molecule has 51 heavy (non-hydrogen) atoms. The Balaban J connectivity index is 4.37. The van der Waals surface area contributed by atoms with Gasteiger partial charge in [-0.1, -0.05) is 173 Å². The quantitative estimate of drug-likeness (QED) is 0.0272. The van der Waals surface area contributed by atoms with Crippen LogP contribution in [0.2, 0.25) is 0 Å². The second-order valence-corrected chi connectivity index (χ2v) is 14.6. The Morgan fingerprint density at radius 2 is 0.686 bits per heavy atom. The number of esters is 3. The Morgan fingerprint density at radius 3 is 1.14 bits per heavy atom. The monoisotopic (exact) mass is 719 g/mol. The zero-order valence-corrected chi connectivity index (χ0v) is 33.9. The van der Waals surface area contributed by atoms with Gasteiger partial charge in [-0.2, -0.15) is 0 Å². The van der Waals surface area contributed by atoms with E-state index < -0.39 is 6.10 Å². The summed E-state index contributed by atoms with van der Waals surface area (Å²) in [7, 11) is 0. The van der Waals surface area contributed by atoms with Crippen molar-refractivity contribution in [3.63, 3.8) is 0 Å². The summed E-state index contributed by atoms with van der Waals surface area (Å²) in [5.74, 6) is -0.926. The van der Waals surface area contributed by atoms with Crippen LogP contribution in [0.15, 0.2) is 24.3 Å². The summed E-state index contributed by atoms with van der Waals surface area (Å²) in [4.78, 5) is 37.5. The number of ether oxygens (including phenoxy) is 3. The van der Waals surface area contributed by atoms with Crippen LogP contribution in [0.5, 0.6) is 0 Å². The van der Waals surface area contributed by atoms with E-state index in [2.05, 4.69) is 45.1 Å². The molecular formula is C45H82O6. The molecule has 0 bridgehead atoms. The van der Waals surface area contributed by atoms with Crippen LogP contribution in [0.1, 0.15) is 226 Å². The first-order valence-electron chi connectivity index (χ1n) is 21.8. The molecule has 0 spiro atoms. The average molecular weight is 719 g/mol. The molecule has 1 unspecified atom stereocenters. The Morgan fingerprint density at radius 1 is 0.373 bits per heavy atom. The number of carbonyl (C=O) groups is 3. The highest BCUT2D eigenvalue weighted by Crippen LogP contribution is 2.14. The highest BCUT2D eigenvalue weighted by Gasteiger charge is 2.19. The van der Waals surface area contributed by atoms with Crippen molar-refractivity contribution in [3.05, 3.63) is 24.3 Å². The highest BCUT2D eigenvalue weighted by molar-refractivity contribution is 5.71. The zero-order chi connectivity index (χ0) is 37.3. The third-order valence-corrected chi connectivity index (χ3v) is 9.43. The van der Waals surface area contributed by atoms with Gasteiger partial charge in [-0.05, 0) is 57.8 Å². The molecule has 0 saturated carbocycles. The molecule has 6 heteroatoms. The summed E-state index contributed by atoms with van der Waals surface area (Å²) in [5.41, 5.74) is 0. The van der Waals surface area contributed by atoms with Gasteiger partial charge in [0, 0.05) is 19.3 Å². The van der Waals surface area contributed by atoms with Gasteiger partial charge < -0.3 is 14.2 Å². The van der Waals surface area contributed by atoms with Crippen LogP contribution in [0, 0.1) is 0 Å². The van der Waals surface area contributed by atoms with E-state index in [4.69, 9.17) is 14.2 Å². The predicted molar refractivity (Wildman–Crippen MR) is 215 cm³/mol. The summed E-state index contributed by atoms with van der Waals surface area (Å²) in [5, 5.41) is 0. The molecule has 0 fully saturated rings. The molecule has 0 heterocycles. The summed E-state index contributed by atoms with van der Waals surface area (Å²) in [6, 6.07) is 0. The van der Waals surface area contributed by atoms with Gasteiger partial charge >= 0.3 is 17.9 Å². The van der Waals surface area contributed by atoms with Crippen LogP contribution in [0.4, 0.5) is 0 Å². The van der Waals surface area contributed by atoms with E-state index in [0.29, 0.717) is 19.3 Å². The van der Waals surface area contributed by atoms with Gasteiger partial charge in [0.2, 0.25) is 0 Å². The van der Waals surface area contributed by atoms with Crippen molar-refractivity contribution in [1.82, 2.24) is 0 Å². The van der Waals surface area contributed by atoms with Crippen molar-refractivity contribution in [2.45, 2.75) is 232 Å². The second-order valence-electron chi connectivity index (χ2n) is 14.6. The van der Waals surface area contributed by atoms with E-state index in [-0.39, 0.29) is 31.1 Å². The number of carbonyl (C=O) groups excluding carboxylic acids is 3.